The molecule has 0 N–H and O–H groups in total. The molecule has 26 heavy (non-hydrogen) atoms. The Morgan fingerprint density at radius 1 is 1.19 bits per heavy atom. The predicted molar refractivity (Wildman–Crippen MR) is 93.7 cm³/mol. The number of carbonyl (C=O) groups is 2. The number of ketones is 1. The van der Waals surface area contributed by atoms with E-state index in [1.165, 1.54) is 13.0 Å². The first-order valence-corrected chi connectivity index (χ1v) is 8.14. The van der Waals surface area contributed by atoms with Crippen LogP contribution in [-0.2, 0) is 11.8 Å². The van der Waals surface area contributed by atoms with E-state index in [1.54, 1.807) is 24.7 Å². The van der Waals surface area contributed by atoms with Crippen LogP contribution in [0.3, 0.4) is 0 Å². The molecule has 2 aromatic heterocycles. The number of esters is 1. The van der Waals surface area contributed by atoms with Crippen molar-refractivity contribution in [3.8, 4) is 11.5 Å². The number of hydrogen-bond acceptors (Lipinski definition) is 6. The second-order valence-corrected chi connectivity index (χ2v) is 6.14. The molecule has 0 aliphatic carbocycles. The first-order chi connectivity index (χ1) is 12.3. The Morgan fingerprint density at radius 2 is 1.88 bits per heavy atom. The van der Waals surface area contributed by atoms with E-state index in [-0.39, 0.29) is 17.4 Å². The van der Waals surface area contributed by atoms with Crippen molar-refractivity contribution in [2.24, 2.45) is 7.05 Å². The molecule has 3 rings (SSSR count). The Kier molecular flexibility index (Phi) is 4.71. The van der Waals surface area contributed by atoms with Crippen LogP contribution in [0.15, 0.2) is 40.9 Å². The Balaban J connectivity index is 1.74. The highest BCUT2D eigenvalue weighted by molar-refractivity contribution is 5.97. The summed E-state index contributed by atoms with van der Waals surface area (Å²) >= 11 is 0. The minimum atomic E-state index is -0.718. The zero-order chi connectivity index (χ0) is 18.8. The van der Waals surface area contributed by atoms with Gasteiger partial charge in [-0.25, -0.2) is 4.79 Å². The predicted octanol–water partition coefficient (Wildman–Crippen LogP) is 3.50. The fourth-order valence-corrected chi connectivity index (χ4v) is 2.44. The third-order valence-corrected chi connectivity index (χ3v) is 3.99. The minimum absolute atomic E-state index is 0.118. The van der Waals surface area contributed by atoms with Gasteiger partial charge >= 0.3 is 5.97 Å². The van der Waals surface area contributed by atoms with Crippen LogP contribution in [0.1, 0.15) is 52.3 Å². The monoisotopic (exact) mass is 353 g/mol. The van der Waals surface area contributed by atoms with E-state index in [0.717, 1.165) is 11.1 Å². The van der Waals surface area contributed by atoms with Crippen LogP contribution >= 0.6 is 0 Å². The molecule has 0 amide bonds. The van der Waals surface area contributed by atoms with Crippen molar-refractivity contribution < 1.29 is 18.7 Å². The van der Waals surface area contributed by atoms with Crippen LogP contribution in [0, 0.1) is 6.92 Å². The van der Waals surface area contributed by atoms with Crippen LogP contribution in [0.4, 0.5) is 0 Å². The minimum Gasteiger partial charge on any atom is -0.448 e. The van der Waals surface area contributed by atoms with Gasteiger partial charge < -0.3 is 13.7 Å². The summed E-state index contributed by atoms with van der Waals surface area (Å²) in [4.78, 5) is 23.8. The Bertz CT molecular complexity index is 954. The summed E-state index contributed by atoms with van der Waals surface area (Å²) in [7, 11) is 1.68. The van der Waals surface area contributed by atoms with Crippen LogP contribution < -0.4 is 0 Å². The van der Waals surface area contributed by atoms with E-state index in [4.69, 9.17) is 9.15 Å². The van der Waals surface area contributed by atoms with Crippen molar-refractivity contribution in [3.05, 3.63) is 59.2 Å². The number of benzene rings is 1. The van der Waals surface area contributed by atoms with Crippen molar-refractivity contribution in [1.29, 1.82) is 0 Å². The van der Waals surface area contributed by atoms with Gasteiger partial charge in [0, 0.05) is 24.4 Å². The maximum absolute atomic E-state index is 12.4. The summed E-state index contributed by atoms with van der Waals surface area (Å²) in [5, 5.41) is 7.97. The van der Waals surface area contributed by atoms with Gasteiger partial charge in [-0.1, -0.05) is 17.7 Å². The van der Waals surface area contributed by atoms with E-state index < -0.39 is 12.1 Å². The molecule has 7 heteroatoms. The quantitative estimate of drug-likeness (QED) is 0.515. The van der Waals surface area contributed by atoms with Crippen molar-refractivity contribution >= 4 is 11.8 Å². The van der Waals surface area contributed by atoms with Crippen LogP contribution in [0.2, 0.25) is 0 Å². The molecule has 0 saturated carbocycles. The summed E-state index contributed by atoms with van der Waals surface area (Å²) < 4.78 is 12.6. The summed E-state index contributed by atoms with van der Waals surface area (Å²) in [5.74, 6) is -0.120. The molecule has 3 aromatic rings. The summed E-state index contributed by atoms with van der Waals surface area (Å²) in [6.07, 6.45) is 0.871. The highest BCUT2D eigenvalue weighted by Crippen LogP contribution is 2.23. The third-order valence-electron chi connectivity index (χ3n) is 3.99. The maximum Gasteiger partial charge on any atom is 0.355 e. The van der Waals surface area contributed by atoms with Crippen LogP contribution in [0.5, 0.6) is 0 Å². The molecule has 0 fully saturated rings. The Hall–Kier alpha value is -3.22. The van der Waals surface area contributed by atoms with Gasteiger partial charge in [-0.3, -0.25) is 4.79 Å². The van der Waals surface area contributed by atoms with Gasteiger partial charge in [0.15, 0.2) is 11.9 Å². The zero-order valence-electron chi connectivity index (χ0n) is 15.0. The molecule has 0 radical (unpaired) electrons. The average Bonchev–Trinajstić information content (AvgIpc) is 3.22. The lowest BCUT2D eigenvalue weighted by Crippen LogP contribution is -2.12. The molecule has 0 aliphatic rings. The van der Waals surface area contributed by atoms with E-state index in [0.29, 0.717) is 11.5 Å². The van der Waals surface area contributed by atoms with E-state index in [2.05, 4.69) is 10.2 Å². The van der Waals surface area contributed by atoms with Crippen molar-refractivity contribution in [2.75, 3.05) is 0 Å². The van der Waals surface area contributed by atoms with Gasteiger partial charge in [0.1, 0.15) is 5.69 Å². The molecular formula is C19H19N3O4. The van der Waals surface area contributed by atoms with Gasteiger partial charge in [0.2, 0.25) is 5.89 Å². The molecule has 0 spiro atoms. The largest absolute Gasteiger partial charge is 0.448 e. The molecule has 134 valence electrons. The molecular weight excluding hydrogens is 334 g/mol. The molecule has 0 unspecified atom stereocenters. The number of hydrogen-bond donors (Lipinski definition) is 0. The fourth-order valence-electron chi connectivity index (χ4n) is 2.44. The van der Waals surface area contributed by atoms with Gasteiger partial charge in [0.25, 0.3) is 5.89 Å². The first-order valence-electron chi connectivity index (χ1n) is 8.14. The van der Waals surface area contributed by atoms with Gasteiger partial charge in [0.05, 0.1) is 0 Å². The number of Topliss-reactive ketones (excluding diaryl/α,β-unsaturated/α-hetero) is 1. The number of nitrogens with zero attached hydrogens (tertiary/aromatic N) is 3. The van der Waals surface area contributed by atoms with E-state index >= 15 is 0 Å². The molecule has 1 aromatic carbocycles. The highest BCUT2D eigenvalue weighted by Gasteiger charge is 2.22. The summed E-state index contributed by atoms with van der Waals surface area (Å²) in [5.41, 5.74) is 2.65. The third kappa shape index (κ3) is 3.56. The van der Waals surface area contributed by atoms with Crippen LogP contribution in [-0.4, -0.2) is 26.5 Å². The van der Waals surface area contributed by atoms with E-state index in [1.807, 2.05) is 31.2 Å². The lowest BCUT2D eigenvalue weighted by molar-refractivity contribution is 0.0269. The smallest absolute Gasteiger partial charge is 0.355 e. The van der Waals surface area contributed by atoms with Crippen molar-refractivity contribution in [1.82, 2.24) is 14.8 Å². The lowest BCUT2D eigenvalue weighted by atomic mass is 10.1. The second kappa shape index (κ2) is 6.95. The average molecular weight is 353 g/mol. The summed E-state index contributed by atoms with van der Waals surface area (Å²) in [6, 6.07) is 9.17. The number of carbonyl (C=O) groups excluding carboxylic acids is 2. The topological polar surface area (TPSA) is 87.2 Å². The van der Waals surface area contributed by atoms with Crippen LogP contribution in [0.25, 0.3) is 11.5 Å². The molecule has 2 heterocycles. The number of aromatic nitrogens is 3. The highest BCUT2D eigenvalue weighted by atomic mass is 16.6. The Labute approximate surface area is 150 Å². The summed E-state index contributed by atoms with van der Waals surface area (Å²) in [6.45, 7) is 5.09. The molecule has 0 bridgehead atoms. The maximum atomic E-state index is 12.4. The number of rotatable bonds is 5. The Morgan fingerprint density at radius 3 is 2.50 bits per heavy atom. The second-order valence-electron chi connectivity index (χ2n) is 6.14. The zero-order valence-corrected chi connectivity index (χ0v) is 15.0. The number of aryl methyl sites for hydroxylation is 2. The normalized spacial score (nSPS) is 12.0. The molecule has 7 nitrogen and oxygen atoms in total. The van der Waals surface area contributed by atoms with Crippen molar-refractivity contribution in [3.63, 3.8) is 0 Å². The molecule has 0 saturated heterocycles. The lowest BCUT2D eigenvalue weighted by Gasteiger charge is -2.09. The SMILES string of the molecule is CC(=O)c1cc(C(=O)O[C@@H](C)c2nnc(-c3ccc(C)cc3)o2)n(C)c1. The number of ether oxygens (including phenoxy) is 1. The first kappa shape index (κ1) is 17.6. The van der Waals surface area contributed by atoms with Crippen molar-refractivity contribution in [2.45, 2.75) is 26.9 Å². The fraction of sp³-hybridized carbons (Fsp3) is 0.263. The van der Waals surface area contributed by atoms with Gasteiger partial charge in [-0.05, 0) is 39.0 Å². The standard InChI is InChI=1S/C19H19N3O4/c1-11-5-7-14(8-6-11)18-21-20-17(26-18)13(3)25-19(24)16-9-15(12(2)23)10-22(16)4/h5-10,13H,1-4H3/t13-/m0/s1. The molecule has 0 aliphatic heterocycles. The van der Waals surface area contributed by atoms with Gasteiger partial charge in [-0.15, -0.1) is 10.2 Å². The van der Waals surface area contributed by atoms with Gasteiger partial charge in [-0.2, -0.15) is 0 Å². The molecule has 1 atom stereocenters. The van der Waals surface area contributed by atoms with E-state index in [9.17, 15) is 9.59 Å².